The zero-order valence-corrected chi connectivity index (χ0v) is 10.0. The first-order valence-corrected chi connectivity index (χ1v) is 6.05. The Morgan fingerprint density at radius 3 is 2.94 bits per heavy atom. The van der Waals surface area contributed by atoms with Crippen molar-refractivity contribution in [1.82, 2.24) is 0 Å². The van der Waals surface area contributed by atoms with E-state index in [-0.39, 0.29) is 11.8 Å². The maximum absolute atomic E-state index is 10.6. The molecule has 0 spiro atoms. The van der Waals surface area contributed by atoms with Gasteiger partial charge in [-0.2, -0.15) is 0 Å². The Labute approximate surface area is 100 Å². The maximum atomic E-state index is 10.6. The molecule has 1 aromatic rings. The van der Waals surface area contributed by atoms with E-state index in [1.807, 2.05) is 0 Å². The molecule has 2 unspecified atom stereocenters. The van der Waals surface area contributed by atoms with E-state index in [4.69, 9.17) is 17.1 Å². The van der Waals surface area contributed by atoms with Crippen molar-refractivity contribution in [2.45, 2.75) is 18.7 Å². The molecule has 0 saturated carbocycles. The van der Waals surface area contributed by atoms with Gasteiger partial charge in [0, 0.05) is 15.7 Å². The Balaban J connectivity index is 3.06. The summed E-state index contributed by atoms with van der Waals surface area (Å²) in [7, 11) is 0. The molecule has 0 aliphatic carbocycles. The van der Waals surface area contributed by atoms with Crippen LogP contribution in [0, 0.1) is 0 Å². The zero-order valence-electron chi connectivity index (χ0n) is 8.46. The third-order valence-corrected chi connectivity index (χ3v) is 2.97. The average molecular weight is 259 g/mol. The van der Waals surface area contributed by atoms with Gasteiger partial charge >= 0.3 is 0 Å². The highest BCUT2D eigenvalue weighted by Gasteiger charge is 2.07. The van der Waals surface area contributed by atoms with Crippen LogP contribution in [0.1, 0.15) is 24.1 Å². The highest BCUT2D eigenvalue weighted by Crippen LogP contribution is 2.24. The Bertz CT molecular complexity index is 460. The molecule has 5 nitrogen and oxygen atoms in total. The molecular formula is C9H9ClN3O2S-. The lowest BCUT2D eigenvalue weighted by molar-refractivity contribution is 0.536. The summed E-state index contributed by atoms with van der Waals surface area (Å²) in [6, 6.07) is 4.60. The fraction of sp³-hybridized carbons (Fsp3) is 0.333. The number of halogens is 1. The molecule has 0 bridgehead atoms. The topological polar surface area (TPSA) is 88.9 Å². The lowest BCUT2D eigenvalue weighted by atomic mass is 10.1. The smallest absolute Gasteiger partial charge is 0.0597 e. The molecule has 1 aromatic carbocycles. The van der Waals surface area contributed by atoms with E-state index in [9.17, 15) is 8.76 Å². The first-order chi connectivity index (χ1) is 7.54. The lowest BCUT2D eigenvalue weighted by Gasteiger charge is -2.11. The first kappa shape index (κ1) is 13.0. The van der Waals surface area contributed by atoms with E-state index in [0.29, 0.717) is 10.6 Å². The highest BCUT2D eigenvalue weighted by molar-refractivity contribution is 7.78. The van der Waals surface area contributed by atoms with Crippen molar-refractivity contribution in [2.75, 3.05) is 0 Å². The van der Waals surface area contributed by atoms with Gasteiger partial charge in [-0.1, -0.05) is 46.9 Å². The second-order valence-corrected chi connectivity index (χ2v) is 4.48. The number of hydrogen-bond acceptors (Lipinski definition) is 3. The van der Waals surface area contributed by atoms with Crippen LogP contribution in [0.15, 0.2) is 23.3 Å². The van der Waals surface area contributed by atoms with Crippen molar-refractivity contribution in [1.29, 1.82) is 0 Å². The predicted molar refractivity (Wildman–Crippen MR) is 61.6 cm³/mol. The van der Waals surface area contributed by atoms with Crippen molar-refractivity contribution < 1.29 is 8.76 Å². The van der Waals surface area contributed by atoms with Gasteiger partial charge in [0.05, 0.1) is 6.04 Å². The van der Waals surface area contributed by atoms with Gasteiger partial charge in [-0.15, -0.1) is 0 Å². The summed E-state index contributed by atoms with van der Waals surface area (Å²) in [5.74, 6) is -0.143. The van der Waals surface area contributed by atoms with Gasteiger partial charge in [-0.05, 0) is 22.7 Å². The molecule has 0 aliphatic rings. The predicted octanol–water partition coefficient (Wildman–Crippen LogP) is 3.09. The number of benzene rings is 1. The summed E-state index contributed by atoms with van der Waals surface area (Å²) in [5, 5.41) is 3.92. The molecule has 0 radical (unpaired) electrons. The normalized spacial score (nSPS) is 13.9. The van der Waals surface area contributed by atoms with Crippen LogP contribution < -0.4 is 0 Å². The molecule has 16 heavy (non-hydrogen) atoms. The standard InChI is InChI=1S/C9H10ClN3O2S/c1-6(12-13-11)7-2-3-9(10)8(4-7)5-16(14)15/h2-4,6H,5H2,1H3,(H,14,15)/p-1. The largest absolute Gasteiger partial charge is 0.772 e. The van der Waals surface area contributed by atoms with Gasteiger partial charge in [-0.25, -0.2) is 0 Å². The average Bonchev–Trinajstić information content (AvgIpc) is 2.21. The lowest BCUT2D eigenvalue weighted by Crippen LogP contribution is -1.97. The molecule has 0 aliphatic heterocycles. The van der Waals surface area contributed by atoms with Gasteiger partial charge in [-0.3, -0.25) is 4.21 Å². The third-order valence-electron chi connectivity index (χ3n) is 2.05. The molecule has 2 atom stereocenters. The van der Waals surface area contributed by atoms with E-state index in [1.54, 1.807) is 25.1 Å². The van der Waals surface area contributed by atoms with Crippen molar-refractivity contribution in [3.05, 3.63) is 44.8 Å². The molecule has 0 saturated heterocycles. The molecule has 1 rings (SSSR count). The van der Waals surface area contributed by atoms with E-state index in [2.05, 4.69) is 10.0 Å². The molecule has 0 amide bonds. The van der Waals surface area contributed by atoms with E-state index >= 15 is 0 Å². The summed E-state index contributed by atoms with van der Waals surface area (Å²) < 4.78 is 21.2. The molecule has 7 heteroatoms. The minimum atomic E-state index is -2.19. The van der Waals surface area contributed by atoms with Crippen molar-refractivity contribution in [2.24, 2.45) is 5.11 Å². The van der Waals surface area contributed by atoms with Gasteiger partial charge in [0.15, 0.2) is 0 Å². The molecule has 0 fully saturated rings. The Hall–Kier alpha value is -1.07. The molecular weight excluding hydrogens is 250 g/mol. The van der Waals surface area contributed by atoms with Crippen molar-refractivity contribution in [3.8, 4) is 0 Å². The molecule has 0 N–H and O–H groups in total. The second kappa shape index (κ2) is 5.86. The van der Waals surface area contributed by atoms with Crippen molar-refractivity contribution >= 4 is 22.7 Å². The monoisotopic (exact) mass is 258 g/mol. The maximum Gasteiger partial charge on any atom is 0.0597 e. The number of nitrogens with zero attached hydrogens (tertiary/aromatic N) is 3. The molecule has 0 aromatic heterocycles. The Morgan fingerprint density at radius 2 is 2.38 bits per heavy atom. The van der Waals surface area contributed by atoms with E-state index in [0.717, 1.165) is 5.56 Å². The zero-order chi connectivity index (χ0) is 12.1. The fourth-order valence-corrected chi connectivity index (χ4v) is 1.99. The minimum Gasteiger partial charge on any atom is -0.772 e. The van der Waals surface area contributed by atoms with Crippen LogP contribution in [0.3, 0.4) is 0 Å². The van der Waals surface area contributed by atoms with Crippen LogP contribution in [0.4, 0.5) is 0 Å². The van der Waals surface area contributed by atoms with Gasteiger partial charge in [0.2, 0.25) is 0 Å². The van der Waals surface area contributed by atoms with Gasteiger partial charge in [0.1, 0.15) is 0 Å². The molecule has 0 heterocycles. The van der Waals surface area contributed by atoms with Crippen LogP contribution in [0.2, 0.25) is 5.02 Å². The van der Waals surface area contributed by atoms with E-state index in [1.165, 1.54) is 0 Å². The highest BCUT2D eigenvalue weighted by atomic mass is 35.5. The quantitative estimate of drug-likeness (QED) is 0.359. The third kappa shape index (κ3) is 3.50. The van der Waals surface area contributed by atoms with Crippen LogP contribution in [-0.4, -0.2) is 8.76 Å². The van der Waals surface area contributed by atoms with Crippen LogP contribution >= 0.6 is 11.6 Å². The fourth-order valence-electron chi connectivity index (χ4n) is 1.24. The van der Waals surface area contributed by atoms with Crippen LogP contribution in [0.5, 0.6) is 0 Å². The summed E-state index contributed by atoms with van der Waals surface area (Å²) >= 11 is 3.66. The Morgan fingerprint density at radius 1 is 1.69 bits per heavy atom. The minimum absolute atomic E-state index is 0.143. The first-order valence-electron chi connectivity index (χ1n) is 4.43. The van der Waals surface area contributed by atoms with Gasteiger partial charge in [0.25, 0.3) is 0 Å². The second-order valence-electron chi connectivity index (χ2n) is 3.18. The van der Waals surface area contributed by atoms with Gasteiger partial charge < -0.3 is 4.55 Å². The van der Waals surface area contributed by atoms with Crippen LogP contribution in [0.25, 0.3) is 10.4 Å². The summed E-state index contributed by atoms with van der Waals surface area (Å²) in [4.78, 5) is 2.70. The Kier molecular flexibility index (Phi) is 4.76. The number of rotatable bonds is 4. The van der Waals surface area contributed by atoms with E-state index < -0.39 is 11.1 Å². The SMILES string of the molecule is CC(N=[N+]=[N-])c1ccc(Cl)c(CS(=O)[O-])c1. The van der Waals surface area contributed by atoms with Crippen LogP contribution in [-0.2, 0) is 16.8 Å². The summed E-state index contributed by atoms with van der Waals surface area (Å²) in [5.41, 5.74) is 9.55. The van der Waals surface area contributed by atoms with Crippen molar-refractivity contribution in [3.63, 3.8) is 0 Å². The number of hydrogen-bond donors (Lipinski definition) is 0. The number of azide groups is 1. The summed E-state index contributed by atoms with van der Waals surface area (Å²) in [6.07, 6.45) is 0. The molecule has 86 valence electrons. The summed E-state index contributed by atoms with van der Waals surface area (Å²) in [6.45, 7) is 1.72.